The monoisotopic (exact) mass is 488 g/mol. The summed E-state index contributed by atoms with van der Waals surface area (Å²) in [5, 5.41) is 0.884. The van der Waals surface area contributed by atoms with Gasteiger partial charge in [-0.15, -0.1) is 0 Å². The van der Waals surface area contributed by atoms with Crippen molar-refractivity contribution in [1.82, 2.24) is 0 Å². The summed E-state index contributed by atoms with van der Waals surface area (Å²) in [4.78, 5) is 12.5. The van der Waals surface area contributed by atoms with E-state index in [0.717, 1.165) is 3.57 Å². The molecule has 0 saturated heterocycles. The highest BCUT2D eigenvalue weighted by Crippen LogP contribution is 2.32. The molecule has 0 unspecified atom stereocenters. The first kappa shape index (κ1) is 15.6. The van der Waals surface area contributed by atoms with Gasteiger partial charge in [0.15, 0.2) is 5.78 Å². The van der Waals surface area contributed by atoms with E-state index in [1.165, 1.54) is 12.1 Å². The third-order valence-electron chi connectivity index (χ3n) is 2.41. The van der Waals surface area contributed by atoms with Crippen LogP contribution in [0.1, 0.15) is 15.9 Å². The molecule has 0 spiro atoms. The fraction of sp³-hybridized carbons (Fsp3) is 0. The summed E-state index contributed by atoms with van der Waals surface area (Å²) in [5.41, 5.74) is 0.772. The van der Waals surface area contributed by atoms with E-state index < -0.39 is 0 Å². The summed E-state index contributed by atoms with van der Waals surface area (Å²) in [6, 6.07) is 8.49. The van der Waals surface area contributed by atoms with Crippen molar-refractivity contribution < 1.29 is 4.79 Å². The van der Waals surface area contributed by atoms with E-state index in [1.54, 1.807) is 6.07 Å². The third kappa shape index (κ3) is 3.45. The van der Waals surface area contributed by atoms with Crippen LogP contribution >= 0.6 is 73.3 Å². The van der Waals surface area contributed by atoms with Crippen LogP contribution in [-0.4, -0.2) is 5.78 Å². The van der Waals surface area contributed by atoms with E-state index in [1.807, 2.05) is 12.1 Å². The first-order valence-electron chi connectivity index (χ1n) is 5.04. The molecule has 0 bridgehead atoms. The van der Waals surface area contributed by atoms with Gasteiger partial charge in [-0.2, -0.15) is 0 Å². The summed E-state index contributed by atoms with van der Waals surface area (Å²) in [6.45, 7) is 0. The second-order valence-electron chi connectivity index (χ2n) is 3.70. The molecule has 0 heterocycles. The number of rotatable bonds is 2. The Morgan fingerprint density at radius 2 is 1.63 bits per heavy atom. The molecule has 6 heteroatoms. The lowest BCUT2D eigenvalue weighted by atomic mass is 10.0. The van der Waals surface area contributed by atoms with Gasteiger partial charge in [-0.25, -0.2) is 0 Å². The molecule has 0 fully saturated rings. The van der Waals surface area contributed by atoms with Crippen LogP contribution in [0.15, 0.2) is 34.8 Å². The van der Waals surface area contributed by atoms with Crippen LogP contribution < -0.4 is 0 Å². The molecule has 19 heavy (non-hydrogen) atoms. The smallest absolute Gasteiger partial charge is 0.197 e. The fourth-order valence-corrected chi connectivity index (χ4v) is 3.47. The Labute approximate surface area is 147 Å². The van der Waals surface area contributed by atoms with Gasteiger partial charge in [0.2, 0.25) is 0 Å². The first-order valence-corrected chi connectivity index (χ1v) is 8.05. The van der Waals surface area contributed by atoms with Crippen molar-refractivity contribution in [3.05, 3.63) is 64.6 Å². The highest BCUT2D eigenvalue weighted by atomic mass is 127. The molecule has 2 rings (SSSR count). The lowest BCUT2D eigenvalue weighted by molar-refractivity contribution is 0.103. The minimum Gasteiger partial charge on any atom is -0.288 e. The molecule has 0 saturated carbocycles. The Balaban J connectivity index is 2.59. The van der Waals surface area contributed by atoms with Crippen LogP contribution in [0.3, 0.4) is 0 Å². The number of hydrogen-bond acceptors (Lipinski definition) is 1. The number of carbonyl (C=O) groups is 1. The molecular formula is C13H5BrCl3IO. The van der Waals surface area contributed by atoms with Crippen molar-refractivity contribution >= 4 is 79.1 Å². The van der Waals surface area contributed by atoms with Crippen LogP contribution in [0.25, 0.3) is 0 Å². The van der Waals surface area contributed by atoms with Gasteiger partial charge < -0.3 is 0 Å². The molecule has 98 valence electrons. The molecule has 0 atom stereocenters. The van der Waals surface area contributed by atoms with Gasteiger partial charge >= 0.3 is 0 Å². The zero-order chi connectivity index (χ0) is 14.2. The SMILES string of the molecule is O=C(c1cc(I)ccc1Br)c1c(Cl)cc(Cl)cc1Cl. The lowest BCUT2D eigenvalue weighted by Gasteiger charge is -2.09. The van der Waals surface area contributed by atoms with Crippen LogP contribution in [0.5, 0.6) is 0 Å². The molecule has 0 aliphatic heterocycles. The maximum atomic E-state index is 12.5. The van der Waals surface area contributed by atoms with E-state index in [0.29, 0.717) is 15.1 Å². The molecule has 2 aromatic carbocycles. The second-order valence-corrected chi connectivity index (χ2v) is 7.05. The molecule has 0 amide bonds. The standard InChI is InChI=1S/C13H5BrCl3IO/c14-9-2-1-7(18)5-8(9)13(19)12-10(16)3-6(15)4-11(12)17/h1-5H. The summed E-state index contributed by atoms with van der Waals surface area (Å²) >= 11 is 23.5. The molecule has 0 aliphatic carbocycles. The maximum Gasteiger partial charge on any atom is 0.197 e. The Hall–Kier alpha value is 0.190. The Morgan fingerprint density at radius 3 is 2.21 bits per heavy atom. The van der Waals surface area contributed by atoms with Gasteiger partial charge in [-0.1, -0.05) is 50.7 Å². The summed E-state index contributed by atoms with van der Waals surface area (Å²) in [6.07, 6.45) is 0. The molecule has 0 aliphatic rings. The van der Waals surface area contributed by atoms with Gasteiger partial charge in [0, 0.05) is 18.6 Å². The zero-order valence-corrected chi connectivity index (χ0v) is 15.2. The number of halogens is 5. The minimum absolute atomic E-state index is 0.239. The topological polar surface area (TPSA) is 17.1 Å². The number of hydrogen-bond donors (Lipinski definition) is 0. The Morgan fingerprint density at radius 1 is 1.05 bits per heavy atom. The van der Waals surface area contributed by atoms with E-state index in [2.05, 4.69) is 38.5 Å². The molecule has 0 N–H and O–H groups in total. The van der Waals surface area contributed by atoms with Gasteiger partial charge in [-0.05, 0) is 52.9 Å². The summed E-state index contributed by atoms with van der Waals surface area (Å²) in [5.74, 6) is -0.239. The molecular weight excluding hydrogens is 485 g/mol. The van der Waals surface area contributed by atoms with Crippen molar-refractivity contribution in [1.29, 1.82) is 0 Å². The predicted octanol–water partition coefficient (Wildman–Crippen LogP) is 6.24. The average molecular weight is 490 g/mol. The first-order chi connectivity index (χ1) is 8.90. The Kier molecular flexibility index (Phi) is 5.17. The predicted molar refractivity (Wildman–Crippen MR) is 91.8 cm³/mol. The highest BCUT2D eigenvalue weighted by Gasteiger charge is 2.20. The number of benzene rings is 2. The van der Waals surface area contributed by atoms with Crippen LogP contribution in [0.2, 0.25) is 15.1 Å². The van der Waals surface area contributed by atoms with Gasteiger partial charge in [-0.3, -0.25) is 4.79 Å². The van der Waals surface area contributed by atoms with Crippen molar-refractivity contribution in [3.63, 3.8) is 0 Å². The van der Waals surface area contributed by atoms with Gasteiger partial charge in [0.05, 0.1) is 15.6 Å². The van der Waals surface area contributed by atoms with Crippen molar-refractivity contribution in [3.8, 4) is 0 Å². The van der Waals surface area contributed by atoms with E-state index in [4.69, 9.17) is 34.8 Å². The normalized spacial score (nSPS) is 10.6. The molecule has 0 radical (unpaired) electrons. The largest absolute Gasteiger partial charge is 0.288 e. The third-order valence-corrected chi connectivity index (χ3v) is 4.58. The molecule has 1 nitrogen and oxygen atoms in total. The van der Waals surface area contributed by atoms with Crippen LogP contribution in [0.4, 0.5) is 0 Å². The van der Waals surface area contributed by atoms with E-state index >= 15 is 0 Å². The lowest BCUT2D eigenvalue weighted by Crippen LogP contribution is -2.05. The van der Waals surface area contributed by atoms with Gasteiger partial charge in [0.25, 0.3) is 0 Å². The quantitative estimate of drug-likeness (QED) is 0.360. The summed E-state index contributed by atoms with van der Waals surface area (Å²) < 4.78 is 1.64. The minimum atomic E-state index is -0.239. The van der Waals surface area contributed by atoms with Crippen molar-refractivity contribution in [2.75, 3.05) is 0 Å². The Bertz CT molecular complexity index is 650. The molecule has 0 aromatic heterocycles. The van der Waals surface area contributed by atoms with E-state index in [9.17, 15) is 4.79 Å². The average Bonchev–Trinajstić information content (AvgIpc) is 2.30. The molecule has 2 aromatic rings. The highest BCUT2D eigenvalue weighted by molar-refractivity contribution is 14.1. The summed E-state index contributed by atoms with van der Waals surface area (Å²) in [7, 11) is 0. The van der Waals surface area contributed by atoms with E-state index in [-0.39, 0.29) is 21.4 Å². The van der Waals surface area contributed by atoms with Crippen LogP contribution in [-0.2, 0) is 0 Å². The van der Waals surface area contributed by atoms with Crippen LogP contribution in [0, 0.1) is 3.57 Å². The van der Waals surface area contributed by atoms with Gasteiger partial charge in [0.1, 0.15) is 0 Å². The second kappa shape index (κ2) is 6.31. The van der Waals surface area contributed by atoms with Crippen molar-refractivity contribution in [2.45, 2.75) is 0 Å². The zero-order valence-electron chi connectivity index (χ0n) is 9.18. The maximum absolute atomic E-state index is 12.5. The fourth-order valence-electron chi connectivity index (χ4n) is 1.57. The van der Waals surface area contributed by atoms with Crippen molar-refractivity contribution in [2.24, 2.45) is 0 Å². The number of ketones is 1. The number of carbonyl (C=O) groups excluding carboxylic acids is 1.